The number of hydrogen-bond donors (Lipinski definition) is 0. The highest BCUT2D eigenvalue weighted by molar-refractivity contribution is 6.12. The maximum absolute atomic E-state index is 5.11. The van der Waals surface area contributed by atoms with Crippen molar-refractivity contribution in [1.82, 2.24) is 14.5 Å². The zero-order valence-corrected chi connectivity index (χ0v) is 40.5. The minimum atomic E-state index is 0.710. The molecule has 0 atom stereocenters. The maximum Gasteiger partial charge on any atom is 0.160 e. The van der Waals surface area contributed by atoms with Crippen LogP contribution in [0.3, 0.4) is 0 Å². The highest BCUT2D eigenvalue weighted by Crippen LogP contribution is 2.43. The van der Waals surface area contributed by atoms with Gasteiger partial charge in [-0.25, -0.2) is 9.97 Å². The van der Waals surface area contributed by atoms with Crippen LogP contribution in [0.5, 0.6) is 0 Å². The molecule has 0 spiro atoms. The molecule has 2 heterocycles. The van der Waals surface area contributed by atoms with Crippen molar-refractivity contribution in [3.8, 4) is 50.7 Å². The maximum atomic E-state index is 5.11. The van der Waals surface area contributed by atoms with Crippen LogP contribution in [0, 0.1) is 20.8 Å². The molecule has 2 aromatic heterocycles. The smallest absolute Gasteiger partial charge is 0.160 e. The fourth-order valence-corrected chi connectivity index (χ4v) is 10.00. The van der Waals surface area contributed by atoms with Crippen molar-refractivity contribution in [2.45, 2.75) is 20.8 Å². The molecule has 0 aliphatic rings. The number of nitrogens with zero attached hydrogens (tertiary/aromatic N) is 5. The lowest BCUT2D eigenvalue weighted by Gasteiger charge is -2.26. The first-order chi connectivity index (χ1) is 35.4. The van der Waals surface area contributed by atoms with Gasteiger partial charge in [0, 0.05) is 67.3 Å². The number of anilines is 6. The van der Waals surface area contributed by atoms with E-state index in [0.717, 1.165) is 84.5 Å². The van der Waals surface area contributed by atoms with E-state index in [2.05, 4.69) is 266 Å². The fraction of sp³-hybridized carbons (Fsp3) is 0.0448. The van der Waals surface area contributed by atoms with E-state index in [1.807, 2.05) is 24.3 Å². The van der Waals surface area contributed by atoms with Crippen molar-refractivity contribution in [2.24, 2.45) is 0 Å². The molecule has 0 N–H and O–H groups in total. The number of aromatic nitrogens is 3. The minimum Gasteiger partial charge on any atom is -0.310 e. The third kappa shape index (κ3) is 8.48. The standard InChI is InChI=1S/C67H51N5/c1-46-24-31-55(32-25-46)71(56-33-26-47(2)27-34-56)59-38-41-66-62(44-59)61-43-58(70(53-20-12-6-13-21-53)54-22-14-7-15-23-54)37-40-65(61)72(66)57-35-28-49(29-36-57)60-39-30-52(42-48(60)3)64-45-63(50-16-8-4-9-17-50)68-67(69-64)51-18-10-5-11-19-51/h4-45H,1-3H3. The zero-order chi connectivity index (χ0) is 48.5. The van der Waals surface area contributed by atoms with Gasteiger partial charge in [0.05, 0.1) is 22.4 Å². The molecule has 0 saturated heterocycles. The monoisotopic (exact) mass is 925 g/mol. The summed E-state index contributed by atoms with van der Waals surface area (Å²) in [7, 11) is 0. The molecule has 5 heteroatoms. The summed E-state index contributed by atoms with van der Waals surface area (Å²) >= 11 is 0. The fourth-order valence-electron chi connectivity index (χ4n) is 10.00. The number of fused-ring (bicyclic) bond motifs is 3. The Morgan fingerprint density at radius 2 is 0.736 bits per heavy atom. The van der Waals surface area contributed by atoms with Gasteiger partial charge >= 0.3 is 0 Å². The van der Waals surface area contributed by atoms with Gasteiger partial charge in [-0.15, -0.1) is 0 Å². The third-order valence-corrected chi connectivity index (χ3v) is 13.6. The van der Waals surface area contributed by atoms with Gasteiger partial charge in [-0.1, -0.05) is 157 Å². The number of benzene rings is 10. The van der Waals surface area contributed by atoms with Crippen LogP contribution >= 0.6 is 0 Å². The van der Waals surface area contributed by atoms with E-state index >= 15 is 0 Å². The number of rotatable bonds is 11. The van der Waals surface area contributed by atoms with Gasteiger partial charge in [0.25, 0.3) is 0 Å². The van der Waals surface area contributed by atoms with Gasteiger partial charge in [-0.05, 0) is 147 Å². The summed E-state index contributed by atoms with van der Waals surface area (Å²) in [6.07, 6.45) is 0. The largest absolute Gasteiger partial charge is 0.310 e. The molecule has 0 amide bonds. The Bertz CT molecular complexity index is 3710. The van der Waals surface area contributed by atoms with Gasteiger partial charge in [0.2, 0.25) is 0 Å². The predicted octanol–water partition coefficient (Wildman–Crippen LogP) is 18.1. The molecular formula is C67H51N5. The second kappa shape index (κ2) is 18.9. The van der Waals surface area contributed by atoms with E-state index in [1.165, 1.54) is 33.0 Å². The minimum absolute atomic E-state index is 0.710. The molecule has 12 rings (SSSR count). The van der Waals surface area contributed by atoms with Gasteiger partial charge in [-0.3, -0.25) is 0 Å². The van der Waals surface area contributed by atoms with Gasteiger partial charge in [-0.2, -0.15) is 0 Å². The Morgan fingerprint density at radius 1 is 0.319 bits per heavy atom. The first-order valence-electron chi connectivity index (χ1n) is 24.6. The molecule has 72 heavy (non-hydrogen) atoms. The molecule has 0 radical (unpaired) electrons. The number of para-hydroxylation sites is 2. The lowest BCUT2D eigenvalue weighted by molar-refractivity contribution is 1.18. The quantitative estimate of drug-likeness (QED) is 0.130. The summed E-state index contributed by atoms with van der Waals surface area (Å²) in [6, 6.07) is 91.1. The Balaban J connectivity index is 0.970. The highest BCUT2D eigenvalue weighted by Gasteiger charge is 2.21. The molecule has 0 fully saturated rings. The molecule has 12 aromatic rings. The lowest BCUT2D eigenvalue weighted by Crippen LogP contribution is -2.10. The average Bonchev–Trinajstić information content (AvgIpc) is 3.76. The summed E-state index contributed by atoms with van der Waals surface area (Å²) in [4.78, 5) is 14.8. The molecule has 0 unspecified atom stereocenters. The van der Waals surface area contributed by atoms with Crippen LogP contribution in [0.1, 0.15) is 16.7 Å². The van der Waals surface area contributed by atoms with Crippen LogP contribution in [-0.4, -0.2) is 14.5 Å². The van der Waals surface area contributed by atoms with Crippen molar-refractivity contribution < 1.29 is 0 Å². The van der Waals surface area contributed by atoms with Crippen LogP contribution in [-0.2, 0) is 0 Å². The zero-order valence-electron chi connectivity index (χ0n) is 40.5. The third-order valence-electron chi connectivity index (χ3n) is 13.6. The van der Waals surface area contributed by atoms with Crippen molar-refractivity contribution in [2.75, 3.05) is 9.80 Å². The first kappa shape index (κ1) is 43.9. The summed E-state index contributed by atoms with van der Waals surface area (Å²) in [5.74, 6) is 0.710. The number of hydrogen-bond acceptors (Lipinski definition) is 4. The predicted molar refractivity (Wildman–Crippen MR) is 302 cm³/mol. The van der Waals surface area contributed by atoms with E-state index in [9.17, 15) is 0 Å². The molecule has 5 nitrogen and oxygen atoms in total. The summed E-state index contributed by atoms with van der Waals surface area (Å²) in [5, 5.41) is 2.33. The van der Waals surface area contributed by atoms with Crippen LogP contribution in [0.4, 0.5) is 34.1 Å². The Labute approximate surface area is 421 Å². The summed E-state index contributed by atoms with van der Waals surface area (Å²) in [5.41, 5.74) is 20.8. The molecule has 0 aliphatic heterocycles. The number of aryl methyl sites for hydroxylation is 3. The van der Waals surface area contributed by atoms with Gasteiger partial charge < -0.3 is 14.4 Å². The van der Waals surface area contributed by atoms with E-state index in [4.69, 9.17) is 9.97 Å². The van der Waals surface area contributed by atoms with Crippen LogP contribution < -0.4 is 9.80 Å². The Morgan fingerprint density at radius 3 is 1.22 bits per heavy atom. The van der Waals surface area contributed by atoms with E-state index in [-0.39, 0.29) is 0 Å². The molecule has 0 bridgehead atoms. The van der Waals surface area contributed by atoms with E-state index < -0.39 is 0 Å². The second-order valence-electron chi connectivity index (χ2n) is 18.5. The average molecular weight is 926 g/mol. The second-order valence-corrected chi connectivity index (χ2v) is 18.5. The highest BCUT2D eigenvalue weighted by atomic mass is 15.1. The van der Waals surface area contributed by atoms with Gasteiger partial charge in [0.15, 0.2) is 5.82 Å². The van der Waals surface area contributed by atoms with Crippen LogP contribution in [0.2, 0.25) is 0 Å². The van der Waals surface area contributed by atoms with Crippen molar-refractivity contribution in [3.63, 3.8) is 0 Å². The van der Waals surface area contributed by atoms with Crippen molar-refractivity contribution in [3.05, 3.63) is 271 Å². The summed E-state index contributed by atoms with van der Waals surface area (Å²) in [6.45, 7) is 6.47. The van der Waals surface area contributed by atoms with Crippen LogP contribution in [0.15, 0.2) is 255 Å². The molecular weight excluding hydrogens is 875 g/mol. The van der Waals surface area contributed by atoms with Crippen molar-refractivity contribution in [1.29, 1.82) is 0 Å². The Kier molecular flexibility index (Phi) is 11.5. The van der Waals surface area contributed by atoms with E-state index in [1.54, 1.807) is 0 Å². The van der Waals surface area contributed by atoms with Crippen LogP contribution in [0.25, 0.3) is 72.5 Å². The SMILES string of the molecule is Cc1ccc(N(c2ccc(C)cc2)c2ccc3c(c2)c2cc(N(c4ccccc4)c4ccccc4)ccc2n3-c2ccc(-c3ccc(-c4cc(-c5ccccc5)nc(-c5ccccc5)n4)cc3C)cc2)cc1. The lowest BCUT2D eigenvalue weighted by atomic mass is 9.96. The molecule has 344 valence electrons. The normalized spacial score (nSPS) is 11.3. The first-order valence-corrected chi connectivity index (χ1v) is 24.6. The topological polar surface area (TPSA) is 37.2 Å². The molecule has 10 aromatic carbocycles. The van der Waals surface area contributed by atoms with Crippen molar-refractivity contribution >= 4 is 55.9 Å². The molecule has 0 saturated carbocycles. The Hall–Kier alpha value is -9.32. The molecule has 0 aliphatic carbocycles. The van der Waals surface area contributed by atoms with E-state index in [0.29, 0.717) is 5.82 Å². The van der Waals surface area contributed by atoms with Gasteiger partial charge in [0.1, 0.15) is 0 Å². The summed E-state index contributed by atoms with van der Waals surface area (Å²) < 4.78 is 2.42.